The van der Waals surface area contributed by atoms with Gasteiger partial charge in [0.2, 0.25) is 0 Å². The molecule has 6 atom stereocenters. The van der Waals surface area contributed by atoms with E-state index in [-0.39, 0.29) is 0 Å². The first-order valence-electron chi connectivity index (χ1n) is 12.0. The average molecular weight is 393 g/mol. The van der Waals surface area contributed by atoms with Crippen molar-refractivity contribution in [1.29, 1.82) is 0 Å². The Morgan fingerprint density at radius 1 is 1.11 bits per heavy atom. The summed E-state index contributed by atoms with van der Waals surface area (Å²) >= 11 is 0. The topological polar surface area (TPSA) is 9.23 Å². The SMILES string of the molecule is C=C(C)CCC(C)[C@H](C)C1CCC2[C@@H](O[Si](CC)(CC)CC)CCC[C@]12C. The quantitative estimate of drug-likeness (QED) is 0.269. The highest BCUT2D eigenvalue weighted by Crippen LogP contribution is 2.59. The van der Waals surface area contributed by atoms with E-state index in [0.717, 1.165) is 23.7 Å². The number of hydrogen-bond donors (Lipinski definition) is 0. The van der Waals surface area contributed by atoms with Gasteiger partial charge in [0.05, 0.1) is 0 Å². The van der Waals surface area contributed by atoms with Crippen molar-refractivity contribution >= 4 is 8.32 Å². The normalized spacial score (nSPS) is 33.5. The average Bonchev–Trinajstić information content (AvgIpc) is 3.01. The van der Waals surface area contributed by atoms with E-state index in [1.807, 2.05) is 0 Å². The maximum atomic E-state index is 7.10. The van der Waals surface area contributed by atoms with E-state index in [9.17, 15) is 0 Å². The van der Waals surface area contributed by atoms with Gasteiger partial charge in [-0.3, -0.25) is 0 Å². The highest BCUT2D eigenvalue weighted by atomic mass is 28.4. The molecule has 2 rings (SSSR count). The maximum Gasteiger partial charge on any atom is 0.192 e. The summed E-state index contributed by atoms with van der Waals surface area (Å²) in [5, 5.41) is 0. The zero-order valence-electron chi connectivity index (χ0n) is 19.6. The predicted molar refractivity (Wildman–Crippen MR) is 123 cm³/mol. The molecule has 0 saturated heterocycles. The van der Waals surface area contributed by atoms with Crippen LogP contribution in [0.15, 0.2) is 12.2 Å². The predicted octanol–water partition coefficient (Wildman–Crippen LogP) is 8.22. The van der Waals surface area contributed by atoms with Gasteiger partial charge in [-0.15, -0.1) is 6.58 Å². The lowest BCUT2D eigenvalue weighted by Crippen LogP contribution is -2.48. The maximum absolute atomic E-state index is 7.10. The minimum Gasteiger partial charge on any atom is -0.414 e. The van der Waals surface area contributed by atoms with E-state index < -0.39 is 8.32 Å². The van der Waals surface area contributed by atoms with Gasteiger partial charge in [0.15, 0.2) is 8.32 Å². The van der Waals surface area contributed by atoms with Crippen molar-refractivity contribution in [2.45, 2.75) is 118 Å². The van der Waals surface area contributed by atoms with Crippen molar-refractivity contribution in [3.8, 4) is 0 Å². The molecule has 0 aromatic heterocycles. The molecule has 0 amide bonds. The summed E-state index contributed by atoms with van der Waals surface area (Å²) in [5.74, 6) is 3.32. The van der Waals surface area contributed by atoms with Crippen LogP contribution < -0.4 is 0 Å². The van der Waals surface area contributed by atoms with Gasteiger partial charge in [-0.25, -0.2) is 0 Å². The molecule has 0 aromatic carbocycles. The number of allylic oxidation sites excluding steroid dienone is 1. The molecule has 0 radical (unpaired) electrons. The third kappa shape index (κ3) is 4.92. The first kappa shape index (κ1) is 23.2. The van der Waals surface area contributed by atoms with E-state index in [1.165, 1.54) is 68.7 Å². The standard InChI is InChI=1S/C25H48OSi/c1-9-27(10-2,11-3)26-24-13-12-18-25(8)22(16-17-23(24)25)21(7)20(6)15-14-19(4)5/h20-24H,4,9-18H2,1-3,5-8H3/t20?,21-,22?,23?,24-,25+/m0/s1. The molecule has 2 fully saturated rings. The van der Waals surface area contributed by atoms with Gasteiger partial charge in [0.1, 0.15) is 0 Å². The van der Waals surface area contributed by atoms with Crippen molar-refractivity contribution in [3.05, 3.63) is 12.2 Å². The molecule has 2 saturated carbocycles. The van der Waals surface area contributed by atoms with Gasteiger partial charge in [-0.1, -0.05) is 53.5 Å². The van der Waals surface area contributed by atoms with Crippen LogP contribution in [0.1, 0.15) is 93.4 Å². The Balaban J connectivity index is 2.11. The second kappa shape index (κ2) is 9.61. The molecule has 2 aliphatic carbocycles. The molecule has 0 heterocycles. The van der Waals surface area contributed by atoms with Gasteiger partial charge in [-0.05, 0) is 92.7 Å². The van der Waals surface area contributed by atoms with Crippen molar-refractivity contribution in [2.75, 3.05) is 0 Å². The lowest BCUT2D eigenvalue weighted by atomic mass is 9.60. The Morgan fingerprint density at radius 2 is 1.74 bits per heavy atom. The summed E-state index contributed by atoms with van der Waals surface area (Å²) in [5.41, 5.74) is 1.85. The van der Waals surface area contributed by atoms with E-state index in [0.29, 0.717) is 11.5 Å². The zero-order chi connectivity index (χ0) is 20.2. The third-order valence-electron chi connectivity index (χ3n) is 9.03. The highest BCUT2D eigenvalue weighted by Gasteiger charge is 2.54. The number of fused-ring (bicyclic) bond motifs is 1. The van der Waals surface area contributed by atoms with Gasteiger partial charge in [-0.2, -0.15) is 0 Å². The van der Waals surface area contributed by atoms with E-state index >= 15 is 0 Å². The Labute approximate surface area is 171 Å². The van der Waals surface area contributed by atoms with Gasteiger partial charge in [0.25, 0.3) is 0 Å². The lowest BCUT2D eigenvalue weighted by Gasteiger charge is -2.49. The second-order valence-corrected chi connectivity index (χ2v) is 15.1. The minimum absolute atomic E-state index is 0.509. The smallest absolute Gasteiger partial charge is 0.192 e. The Bertz CT molecular complexity index is 474. The first-order valence-corrected chi connectivity index (χ1v) is 14.6. The molecule has 0 spiro atoms. The van der Waals surface area contributed by atoms with Crippen LogP contribution in [0.25, 0.3) is 0 Å². The molecular weight excluding hydrogens is 344 g/mol. The van der Waals surface area contributed by atoms with Crippen LogP contribution in [0, 0.1) is 29.1 Å². The molecule has 2 aliphatic rings. The molecule has 158 valence electrons. The summed E-state index contributed by atoms with van der Waals surface area (Å²) in [7, 11) is -1.50. The Hall–Kier alpha value is -0.0831. The molecule has 27 heavy (non-hydrogen) atoms. The highest BCUT2D eigenvalue weighted by molar-refractivity contribution is 6.73. The summed E-state index contributed by atoms with van der Waals surface area (Å²) in [4.78, 5) is 0. The summed E-state index contributed by atoms with van der Waals surface area (Å²) in [6.45, 7) is 21.1. The molecule has 0 N–H and O–H groups in total. The molecule has 3 unspecified atom stereocenters. The number of rotatable bonds is 10. The van der Waals surface area contributed by atoms with E-state index in [1.54, 1.807) is 0 Å². The van der Waals surface area contributed by atoms with Gasteiger partial charge in [0, 0.05) is 6.10 Å². The fourth-order valence-corrected chi connectivity index (χ4v) is 9.54. The van der Waals surface area contributed by atoms with Crippen LogP contribution in [-0.2, 0) is 4.43 Å². The van der Waals surface area contributed by atoms with Crippen LogP contribution in [0.2, 0.25) is 18.1 Å². The molecule has 2 heteroatoms. The fourth-order valence-electron chi connectivity index (χ4n) is 6.62. The van der Waals surface area contributed by atoms with Crippen LogP contribution >= 0.6 is 0 Å². The lowest BCUT2D eigenvalue weighted by molar-refractivity contribution is -0.0254. The van der Waals surface area contributed by atoms with Crippen LogP contribution in [0.3, 0.4) is 0 Å². The molecule has 0 bridgehead atoms. The molecule has 0 aromatic rings. The molecular formula is C25H48OSi. The van der Waals surface area contributed by atoms with E-state index in [2.05, 4.69) is 55.0 Å². The monoisotopic (exact) mass is 392 g/mol. The van der Waals surface area contributed by atoms with Crippen LogP contribution in [0.4, 0.5) is 0 Å². The number of hydrogen-bond acceptors (Lipinski definition) is 1. The van der Waals surface area contributed by atoms with Crippen molar-refractivity contribution in [2.24, 2.45) is 29.1 Å². The van der Waals surface area contributed by atoms with Gasteiger partial charge >= 0.3 is 0 Å². The fraction of sp³-hybridized carbons (Fsp3) is 0.920. The van der Waals surface area contributed by atoms with Crippen molar-refractivity contribution < 1.29 is 4.43 Å². The summed E-state index contributed by atoms with van der Waals surface area (Å²) in [6.07, 6.45) is 10.0. The summed E-state index contributed by atoms with van der Waals surface area (Å²) in [6, 6.07) is 3.87. The van der Waals surface area contributed by atoms with Crippen LogP contribution in [-0.4, -0.2) is 14.4 Å². The van der Waals surface area contributed by atoms with Gasteiger partial charge < -0.3 is 4.43 Å². The summed E-state index contributed by atoms with van der Waals surface area (Å²) < 4.78 is 7.10. The molecule has 0 aliphatic heterocycles. The van der Waals surface area contributed by atoms with Crippen LogP contribution in [0.5, 0.6) is 0 Å². The largest absolute Gasteiger partial charge is 0.414 e. The second-order valence-electron chi connectivity index (χ2n) is 10.4. The first-order chi connectivity index (χ1) is 12.7. The zero-order valence-corrected chi connectivity index (χ0v) is 20.6. The van der Waals surface area contributed by atoms with Crippen molar-refractivity contribution in [1.82, 2.24) is 0 Å². The third-order valence-corrected chi connectivity index (χ3v) is 13.7. The Morgan fingerprint density at radius 3 is 2.30 bits per heavy atom. The van der Waals surface area contributed by atoms with Crippen molar-refractivity contribution in [3.63, 3.8) is 0 Å². The minimum atomic E-state index is -1.50. The Kier molecular flexibility index (Phi) is 8.26. The molecule has 1 nitrogen and oxygen atoms in total. The van der Waals surface area contributed by atoms with E-state index in [4.69, 9.17) is 4.43 Å².